The first-order valence-electron chi connectivity index (χ1n) is 8.45. The van der Waals surface area contributed by atoms with Crippen molar-refractivity contribution in [3.8, 4) is 11.5 Å². The minimum atomic E-state index is -0.302. The molecule has 4 atom stereocenters. The lowest BCUT2D eigenvalue weighted by atomic mass is 9.85. The van der Waals surface area contributed by atoms with E-state index in [-0.39, 0.29) is 35.5 Å². The van der Waals surface area contributed by atoms with Gasteiger partial charge in [-0.05, 0) is 26.0 Å². The Morgan fingerprint density at radius 1 is 0.960 bits per heavy atom. The smallest absolute Gasteiger partial charge is 0.238 e. The fourth-order valence-corrected chi connectivity index (χ4v) is 4.64. The normalized spacial score (nSPS) is 29.4. The van der Waals surface area contributed by atoms with Crippen LogP contribution in [0.5, 0.6) is 11.5 Å². The molecule has 0 radical (unpaired) electrons. The maximum atomic E-state index is 13.2. The van der Waals surface area contributed by atoms with Crippen molar-refractivity contribution >= 4 is 17.5 Å². The van der Waals surface area contributed by atoms with Gasteiger partial charge in [-0.15, -0.1) is 0 Å². The van der Waals surface area contributed by atoms with E-state index >= 15 is 0 Å². The van der Waals surface area contributed by atoms with Crippen molar-refractivity contribution in [3.05, 3.63) is 41.5 Å². The molecule has 130 valence electrons. The Hall–Kier alpha value is -2.56. The third-order valence-corrected chi connectivity index (χ3v) is 5.62. The van der Waals surface area contributed by atoms with Crippen molar-refractivity contribution < 1.29 is 19.1 Å². The van der Waals surface area contributed by atoms with Gasteiger partial charge in [0.05, 0.1) is 31.7 Å². The lowest BCUT2D eigenvalue weighted by molar-refractivity contribution is -0.123. The molecule has 1 aliphatic heterocycles. The molecule has 0 spiro atoms. The number of carbonyl (C=O) groups excluding carboxylic acids is 2. The topological polar surface area (TPSA) is 55.8 Å². The predicted octanol–water partition coefficient (Wildman–Crippen LogP) is 2.96. The van der Waals surface area contributed by atoms with E-state index in [1.807, 2.05) is 0 Å². The molecule has 1 aromatic carbocycles. The van der Waals surface area contributed by atoms with Crippen molar-refractivity contribution in [2.45, 2.75) is 13.8 Å². The fraction of sp³-hybridized carbons (Fsp3) is 0.400. The van der Waals surface area contributed by atoms with Crippen LogP contribution in [0.4, 0.5) is 5.69 Å². The van der Waals surface area contributed by atoms with Crippen LogP contribution in [-0.2, 0) is 9.59 Å². The van der Waals surface area contributed by atoms with Gasteiger partial charge in [0, 0.05) is 17.9 Å². The lowest BCUT2D eigenvalue weighted by Crippen LogP contribution is -2.33. The Balaban J connectivity index is 1.79. The molecule has 0 unspecified atom stereocenters. The maximum absolute atomic E-state index is 13.2. The largest absolute Gasteiger partial charge is 0.497 e. The summed E-state index contributed by atoms with van der Waals surface area (Å²) >= 11 is 0. The van der Waals surface area contributed by atoms with E-state index < -0.39 is 0 Å². The molecule has 4 rings (SSSR count). The zero-order valence-electron chi connectivity index (χ0n) is 14.8. The first kappa shape index (κ1) is 15.9. The molecule has 0 aromatic heterocycles. The van der Waals surface area contributed by atoms with Crippen LogP contribution in [0.25, 0.3) is 0 Å². The third-order valence-electron chi connectivity index (χ3n) is 5.62. The van der Waals surface area contributed by atoms with E-state index in [1.165, 1.54) is 23.2 Å². The van der Waals surface area contributed by atoms with Crippen LogP contribution >= 0.6 is 0 Å². The van der Waals surface area contributed by atoms with Crippen molar-refractivity contribution in [1.82, 2.24) is 0 Å². The summed E-state index contributed by atoms with van der Waals surface area (Å²) in [6.07, 6.45) is 4.18. The number of anilines is 1. The van der Waals surface area contributed by atoms with E-state index in [1.54, 1.807) is 25.3 Å². The second kappa shape index (κ2) is 5.48. The number of hydrogen-bond donors (Lipinski definition) is 0. The van der Waals surface area contributed by atoms with Gasteiger partial charge in [0.1, 0.15) is 11.5 Å². The summed E-state index contributed by atoms with van der Waals surface area (Å²) in [5.41, 5.74) is 2.92. The average molecular weight is 339 g/mol. The highest BCUT2D eigenvalue weighted by molar-refractivity contribution is 6.24. The van der Waals surface area contributed by atoms with Crippen LogP contribution in [0.15, 0.2) is 41.5 Å². The van der Waals surface area contributed by atoms with Crippen molar-refractivity contribution in [1.29, 1.82) is 0 Å². The van der Waals surface area contributed by atoms with E-state index in [4.69, 9.17) is 9.47 Å². The Morgan fingerprint density at radius 2 is 1.56 bits per heavy atom. The fourth-order valence-electron chi connectivity index (χ4n) is 4.64. The molecule has 2 amide bonds. The first-order valence-corrected chi connectivity index (χ1v) is 8.45. The highest BCUT2D eigenvalue weighted by Gasteiger charge is 2.62. The number of nitrogens with zero attached hydrogens (tertiary/aromatic N) is 1. The Bertz CT molecular complexity index is 800. The number of fused-ring (bicyclic) bond motifs is 5. The summed E-state index contributed by atoms with van der Waals surface area (Å²) in [5.74, 6) is 0.266. The molecule has 0 N–H and O–H groups in total. The van der Waals surface area contributed by atoms with Gasteiger partial charge in [-0.2, -0.15) is 0 Å². The molecule has 1 aromatic rings. The average Bonchev–Trinajstić information content (AvgIpc) is 3.24. The standard InChI is InChI=1S/C20H21NO4/c1-10(2)16-12-6-7-13(16)18-17(12)19(22)21(20(18)23)14-9-11(24-3)5-8-15(14)25-4/h5-9,12-13,17-18H,1-4H3/t12-,13-,17-,18-/m0/s1. The van der Waals surface area contributed by atoms with Crippen LogP contribution in [0, 0.1) is 23.7 Å². The van der Waals surface area contributed by atoms with Gasteiger partial charge in [0.25, 0.3) is 0 Å². The summed E-state index contributed by atoms with van der Waals surface area (Å²) < 4.78 is 10.6. The molecule has 5 heteroatoms. The second-order valence-corrected chi connectivity index (χ2v) is 6.99. The molecule has 2 bridgehead atoms. The number of ether oxygens (including phenoxy) is 2. The molecule has 1 saturated carbocycles. The Kier molecular flexibility index (Phi) is 3.49. The molecule has 25 heavy (non-hydrogen) atoms. The number of hydrogen-bond acceptors (Lipinski definition) is 4. The van der Waals surface area contributed by atoms with Gasteiger partial charge in [-0.3, -0.25) is 9.59 Å². The third kappa shape index (κ3) is 2.01. The van der Waals surface area contributed by atoms with Gasteiger partial charge in [0.2, 0.25) is 11.8 Å². The minimum absolute atomic E-state index is 0.0399. The second-order valence-electron chi connectivity index (χ2n) is 6.99. The molecule has 3 aliphatic rings. The summed E-state index contributed by atoms with van der Waals surface area (Å²) in [6.45, 7) is 4.11. The van der Waals surface area contributed by atoms with E-state index in [0.29, 0.717) is 17.2 Å². The summed E-state index contributed by atoms with van der Waals surface area (Å²) in [4.78, 5) is 27.6. The first-order chi connectivity index (χ1) is 12.0. The number of rotatable bonds is 3. The van der Waals surface area contributed by atoms with Crippen molar-refractivity contribution in [2.24, 2.45) is 23.7 Å². The quantitative estimate of drug-likeness (QED) is 0.627. The molecule has 2 aliphatic carbocycles. The minimum Gasteiger partial charge on any atom is -0.497 e. The van der Waals surface area contributed by atoms with Gasteiger partial charge >= 0.3 is 0 Å². The zero-order valence-corrected chi connectivity index (χ0v) is 14.8. The molecule has 1 saturated heterocycles. The van der Waals surface area contributed by atoms with Crippen molar-refractivity contribution in [3.63, 3.8) is 0 Å². The molecule has 1 heterocycles. The number of benzene rings is 1. The van der Waals surface area contributed by atoms with Crippen LogP contribution in [0.3, 0.4) is 0 Å². The van der Waals surface area contributed by atoms with Gasteiger partial charge in [0.15, 0.2) is 0 Å². The van der Waals surface area contributed by atoms with Gasteiger partial charge < -0.3 is 9.47 Å². The summed E-state index contributed by atoms with van der Waals surface area (Å²) in [7, 11) is 3.09. The Labute approximate surface area is 146 Å². The number of imide groups is 1. The van der Waals surface area contributed by atoms with E-state index in [2.05, 4.69) is 26.0 Å². The molecule has 2 fully saturated rings. The molecule has 5 nitrogen and oxygen atoms in total. The summed E-state index contributed by atoms with van der Waals surface area (Å²) in [6, 6.07) is 5.16. The molecular formula is C20H21NO4. The SMILES string of the molecule is COc1ccc(OC)c(N2C(=O)[C@@H]3[C@@H](C2=O)[C@H]2C=C[C@H]3C2=C(C)C)c1. The van der Waals surface area contributed by atoms with Gasteiger partial charge in [-0.1, -0.05) is 23.3 Å². The van der Waals surface area contributed by atoms with E-state index in [0.717, 1.165) is 0 Å². The van der Waals surface area contributed by atoms with Gasteiger partial charge in [-0.25, -0.2) is 4.90 Å². The highest BCUT2D eigenvalue weighted by atomic mass is 16.5. The van der Waals surface area contributed by atoms with Crippen LogP contribution in [-0.4, -0.2) is 26.0 Å². The van der Waals surface area contributed by atoms with Crippen molar-refractivity contribution in [2.75, 3.05) is 19.1 Å². The number of carbonyl (C=O) groups is 2. The number of amides is 2. The number of allylic oxidation sites excluding steroid dienone is 4. The Morgan fingerprint density at radius 3 is 2.04 bits per heavy atom. The lowest BCUT2D eigenvalue weighted by Gasteiger charge is -2.21. The monoisotopic (exact) mass is 339 g/mol. The van der Waals surface area contributed by atoms with Crippen LogP contribution < -0.4 is 14.4 Å². The highest BCUT2D eigenvalue weighted by Crippen LogP contribution is 2.57. The maximum Gasteiger partial charge on any atom is 0.238 e. The van der Waals surface area contributed by atoms with Crippen LogP contribution in [0.2, 0.25) is 0 Å². The van der Waals surface area contributed by atoms with Crippen LogP contribution in [0.1, 0.15) is 13.8 Å². The summed E-state index contributed by atoms with van der Waals surface area (Å²) in [5, 5.41) is 0. The predicted molar refractivity (Wildman–Crippen MR) is 93.5 cm³/mol. The number of methoxy groups -OCH3 is 2. The molecular weight excluding hydrogens is 318 g/mol. The zero-order chi connectivity index (χ0) is 17.9. The van der Waals surface area contributed by atoms with E-state index in [9.17, 15) is 9.59 Å².